The first-order valence-electron chi connectivity index (χ1n) is 5.50. The summed E-state index contributed by atoms with van der Waals surface area (Å²) in [6.45, 7) is 1.61. The first kappa shape index (κ1) is 11.9. The molecule has 1 saturated heterocycles. The highest BCUT2D eigenvalue weighted by molar-refractivity contribution is 5.93. The molecule has 1 unspecified atom stereocenters. The Morgan fingerprint density at radius 1 is 1.76 bits per heavy atom. The Kier molecular flexibility index (Phi) is 3.35. The second-order valence-electron chi connectivity index (χ2n) is 4.22. The van der Waals surface area contributed by atoms with Crippen LogP contribution in [0.2, 0.25) is 0 Å². The van der Waals surface area contributed by atoms with Crippen LogP contribution in [0.5, 0.6) is 0 Å². The van der Waals surface area contributed by atoms with Crippen LogP contribution in [0.25, 0.3) is 0 Å². The van der Waals surface area contributed by atoms with E-state index in [1.54, 1.807) is 19.4 Å². The van der Waals surface area contributed by atoms with E-state index in [4.69, 9.17) is 15.2 Å². The van der Waals surface area contributed by atoms with Crippen molar-refractivity contribution in [1.82, 2.24) is 10.3 Å². The van der Waals surface area contributed by atoms with Crippen LogP contribution in [0.3, 0.4) is 0 Å². The molecular weight excluding hydrogens is 222 g/mol. The number of aromatic nitrogens is 1. The topological polar surface area (TPSA) is 89.4 Å². The SMILES string of the molecule is COC1(CNC(=O)c2cc(N)c[nH]2)CCOC1. The molecule has 6 nitrogen and oxygen atoms in total. The van der Waals surface area contributed by atoms with Gasteiger partial charge < -0.3 is 25.5 Å². The van der Waals surface area contributed by atoms with Crippen LogP contribution in [0.4, 0.5) is 5.69 Å². The van der Waals surface area contributed by atoms with E-state index in [0.717, 1.165) is 6.42 Å². The second kappa shape index (κ2) is 4.77. The summed E-state index contributed by atoms with van der Waals surface area (Å²) in [6, 6.07) is 1.60. The fourth-order valence-electron chi connectivity index (χ4n) is 1.84. The van der Waals surface area contributed by atoms with Gasteiger partial charge in [-0.05, 0) is 6.07 Å². The minimum absolute atomic E-state index is 0.190. The normalized spacial score (nSPS) is 23.8. The molecule has 0 radical (unpaired) electrons. The Balaban J connectivity index is 1.91. The number of carbonyl (C=O) groups excluding carboxylic acids is 1. The molecule has 0 aromatic carbocycles. The summed E-state index contributed by atoms with van der Waals surface area (Å²) < 4.78 is 10.7. The molecule has 1 aliphatic rings. The van der Waals surface area contributed by atoms with E-state index in [0.29, 0.717) is 31.1 Å². The van der Waals surface area contributed by atoms with E-state index in [-0.39, 0.29) is 5.91 Å². The first-order chi connectivity index (χ1) is 8.15. The number of methoxy groups -OCH3 is 1. The van der Waals surface area contributed by atoms with Gasteiger partial charge in [0.15, 0.2) is 0 Å². The zero-order chi connectivity index (χ0) is 12.3. The number of hydrogen-bond acceptors (Lipinski definition) is 4. The van der Waals surface area contributed by atoms with Gasteiger partial charge in [-0.15, -0.1) is 0 Å². The van der Waals surface area contributed by atoms with E-state index in [9.17, 15) is 4.79 Å². The van der Waals surface area contributed by atoms with Crippen LogP contribution in [-0.4, -0.2) is 43.4 Å². The summed E-state index contributed by atoms with van der Waals surface area (Å²) in [5, 5.41) is 2.82. The average molecular weight is 239 g/mol. The third kappa shape index (κ3) is 2.59. The standard InChI is InChI=1S/C11H17N3O3/c1-16-11(2-3-17-7-11)6-14-10(15)9-4-8(12)5-13-9/h4-5,13H,2-3,6-7,12H2,1H3,(H,14,15). The lowest BCUT2D eigenvalue weighted by Crippen LogP contribution is -2.45. The maximum atomic E-state index is 11.8. The fourth-order valence-corrected chi connectivity index (χ4v) is 1.84. The molecule has 4 N–H and O–H groups in total. The molecule has 6 heteroatoms. The maximum Gasteiger partial charge on any atom is 0.267 e. The molecule has 94 valence electrons. The number of nitrogens with two attached hydrogens (primary N) is 1. The van der Waals surface area contributed by atoms with Crippen LogP contribution >= 0.6 is 0 Å². The third-order valence-corrected chi connectivity index (χ3v) is 3.02. The average Bonchev–Trinajstić information content (AvgIpc) is 2.95. The Labute approximate surface area is 99.5 Å². The molecule has 1 amide bonds. The predicted molar refractivity (Wildman–Crippen MR) is 62.7 cm³/mol. The Hall–Kier alpha value is -1.53. The Bertz CT molecular complexity index is 396. The molecule has 1 atom stereocenters. The summed E-state index contributed by atoms with van der Waals surface area (Å²) in [5.41, 5.74) is 6.13. The molecule has 1 aliphatic heterocycles. The zero-order valence-electron chi connectivity index (χ0n) is 9.79. The number of nitrogens with one attached hydrogen (secondary N) is 2. The van der Waals surface area contributed by atoms with E-state index in [2.05, 4.69) is 10.3 Å². The van der Waals surface area contributed by atoms with Crippen molar-refractivity contribution < 1.29 is 14.3 Å². The van der Waals surface area contributed by atoms with E-state index in [1.165, 1.54) is 0 Å². The predicted octanol–water partition coefficient (Wildman–Crippen LogP) is 0.132. The third-order valence-electron chi connectivity index (χ3n) is 3.02. The molecule has 0 saturated carbocycles. The van der Waals surface area contributed by atoms with Crippen LogP contribution in [0, 0.1) is 0 Å². The number of rotatable bonds is 4. The van der Waals surface area contributed by atoms with Gasteiger partial charge in [-0.25, -0.2) is 0 Å². The number of H-pyrrole nitrogens is 1. The van der Waals surface area contributed by atoms with Crippen LogP contribution in [0.1, 0.15) is 16.9 Å². The smallest absolute Gasteiger partial charge is 0.267 e. The van der Waals surface area contributed by atoms with Gasteiger partial charge in [0.2, 0.25) is 0 Å². The lowest BCUT2D eigenvalue weighted by molar-refractivity contribution is -0.0149. The number of anilines is 1. The summed E-state index contributed by atoms with van der Waals surface area (Å²) in [7, 11) is 1.63. The van der Waals surface area contributed by atoms with E-state index < -0.39 is 5.60 Å². The lowest BCUT2D eigenvalue weighted by atomic mass is 10.0. The van der Waals surface area contributed by atoms with Crippen molar-refractivity contribution in [2.75, 3.05) is 32.6 Å². The van der Waals surface area contributed by atoms with Gasteiger partial charge in [-0.2, -0.15) is 0 Å². The van der Waals surface area contributed by atoms with Crippen LogP contribution in [0.15, 0.2) is 12.3 Å². The van der Waals surface area contributed by atoms with Crippen molar-refractivity contribution in [2.24, 2.45) is 0 Å². The second-order valence-corrected chi connectivity index (χ2v) is 4.22. The van der Waals surface area contributed by atoms with Crippen molar-refractivity contribution in [3.63, 3.8) is 0 Å². The number of amides is 1. The summed E-state index contributed by atoms with van der Waals surface area (Å²) in [6.07, 6.45) is 2.37. The minimum atomic E-state index is -0.395. The molecule has 1 aromatic heterocycles. The van der Waals surface area contributed by atoms with Crippen molar-refractivity contribution in [2.45, 2.75) is 12.0 Å². The van der Waals surface area contributed by atoms with Crippen LogP contribution in [-0.2, 0) is 9.47 Å². The molecule has 1 fully saturated rings. The summed E-state index contributed by atoms with van der Waals surface area (Å²) in [5.74, 6) is -0.190. The molecule has 17 heavy (non-hydrogen) atoms. The Morgan fingerprint density at radius 3 is 3.12 bits per heavy atom. The minimum Gasteiger partial charge on any atom is -0.397 e. The highest BCUT2D eigenvalue weighted by atomic mass is 16.5. The van der Waals surface area contributed by atoms with Gasteiger partial charge in [0, 0.05) is 38.6 Å². The number of nitrogen functional groups attached to an aromatic ring is 1. The van der Waals surface area contributed by atoms with Crippen molar-refractivity contribution in [1.29, 1.82) is 0 Å². The van der Waals surface area contributed by atoms with Gasteiger partial charge in [0.1, 0.15) is 11.3 Å². The van der Waals surface area contributed by atoms with Crippen molar-refractivity contribution >= 4 is 11.6 Å². The fraction of sp³-hybridized carbons (Fsp3) is 0.545. The van der Waals surface area contributed by atoms with E-state index >= 15 is 0 Å². The zero-order valence-corrected chi connectivity index (χ0v) is 9.79. The number of hydrogen-bond donors (Lipinski definition) is 3. The molecule has 2 rings (SSSR count). The Morgan fingerprint density at radius 2 is 2.59 bits per heavy atom. The summed E-state index contributed by atoms with van der Waals surface area (Å²) in [4.78, 5) is 14.6. The van der Waals surface area contributed by atoms with Gasteiger partial charge in [-0.3, -0.25) is 4.79 Å². The lowest BCUT2D eigenvalue weighted by Gasteiger charge is -2.25. The molecular formula is C11H17N3O3. The number of aromatic amines is 1. The highest BCUT2D eigenvalue weighted by Crippen LogP contribution is 2.21. The van der Waals surface area contributed by atoms with Crippen molar-refractivity contribution in [3.05, 3.63) is 18.0 Å². The molecule has 0 bridgehead atoms. The van der Waals surface area contributed by atoms with Gasteiger partial charge >= 0.3 is 0 Å². The van der Waals surface area contributed by atoms with E-state index in [1.807, 2.05) is 0 Å². The summed E-state index contributed by atoms with van der Waals surface area (Å²) >= 11 is 0. The number of ether oxygens (including phenoxy) is 2. The molecule has 2 heterocycles. The van der Waals surface area contributed by atoms with Crippen molar-refractivity contribution in [3.8, 4) is 0 Å². The number of carbonyl (C=O) groups is 1. The van der Waals surface area contributed by atoms with Crippen LogP contribution < -0.4 is 11.1 Å². The van der Waals surface area contributed by atoms with Gasteiger partial charge in [0.05, 0.1) is 6.61 Å². The highest BCUT2D eigenvalue weighted by Gasteiger charge is 2.35. The first-order valence-corrected chi connectivity index (χ1v) is 5.50. The van der Waals surface area contributed by atoms with Gasteiger partial charge in [0.25, 0.3) is 5.91 Å². The van der Waals surface area contributed by atoms with Gasteiger partial charge in [-0.1, -0.05) is 0 Å². The largest absolute Gasteiger partial charge is 0.397 e. The quantitative estimate of drug-likeness (QED) is 0.697. The monoisotopic (exact) mass is 239 g/mol. The molecule has 1 aromatic rings. The molecule has 0 spiro atoms. The molecule has 0 aliphatic carbocycles. The maximum absolute atomic E-state index is 11.8.